The van der Waals surface area contributed by atoms with Crippen LogP contribution in [-0.2, 0) is 9.59 Å². The summed E-state index contributed by atoms with van der Waals surface area (Å²) in [6.07, 6.45) is 0.178. The first-order valence-corrected chi connectivity index (χ1v) is 5.07. The zero-order chi connectivity index (χ0) is 11.5. The number of hydrogen-bond donors (Lipinski definition) is 3. The van der Waals surface area contributed by atoms with Crippen molar-refractivity contribution >= 4 is 17.5 Å². The normalized spacial score (nSPS) is 19.3. The number of hydrogen-bond acceptors (Lipinski definition) is 3. The molecule has 2 amide bonds. The fourth-order valence-corrected chi connectivity index (χ4v) is 1.57. The first-order chi connectivity index (χ1) is 7.65. The molecule has 1 unspecified atom stereocenters. The largest absolute Gasteiger partial charge is 0.325 e. The van der Waals surface area contributed by atoms with Crippen LogP contribution in [0.1, 0.15) is 12.0 Å². The Morgan fingerprint density at radius 2 is 2.31 bits per heavy atom. The smallest absolute Gasteiger partial charge is 0.243 e. The molecule has 0 aliphatic carbocycles. The first kappa shape index (κ1) is 10.6. The second-order valence-corrected chi connectivity index (χ2v) is 3.81. The van der Waals surface area contributed by atoms with E-state index in [4.69, 9.17) is 0 Å². The molecule has 1 atom stereocenters. The molecule has 0 radical (unpaired) electrons. The van der Waals surface area contributed by atoms with Crippen molar-refractivity contribution < 1.29 is 9.59 Å². The van der Waals surface area contributed by atoms with Gasteiger partial charge in [-0.1, -0.05) is 12.1 Å². The Morgan fingerprint density at radius 3 is 2.94 bits per heavy atom. The van der Waals surface area contributed by atoms with Crippen molar-refractivity contribution in [2.45, 2.75) is 19.4 Å². The fraction of sp³-hybridized carbons (Fsp3) is 0.273. The third-order valence-corrected chi connectivity index (χ3v) is 2.38. The summed E-state index contributed by atoms with van der Waals surface area (Å²) >= 11 is 0. The van der Waals surface area contributed by atoms with Crippen LogP contribution < -0.4 is 16.2 Å². The predicted molar refractivity (Wildman–Crippen MR) is 59.5 cm³/mol. The number of hydrazine groups is 1. The van der Waals surface area contributed by atoms with Gasteiger partial charge in [0.25, 0.3) is 0 Å². The number of benzene rings is 1. The average molecular weight is 219 g/mol. The summed E-state index contributed by atoms with van der Waals surface area (Å²) in [7, 11) is 0. The highest BCUT2D eigenvalue weighted by Crippen LogP contribution is 2.10. The van der Waals surface area contributed by atoms with E-state index in [1.165, 1.54) is 0 Å². The summed E-state index contributed by atoms with van der Waals surface area (Å²) < 4.78 is 0. The van der Waals surface area contributed by atoms with Gasteiger partial charge in [0.05, 0.1) is 6.42 Å². The molecule has 1 heterocycles. The monoisotopic (exact) mass is 219 g/mol. The Hall–Kier alpha value is -1.88. The molecule has 16 heavy (non-hydrogen) atoms. The highest BCUT2D eigenvalue weighted by molar-refractivity contribution is 5.99. The molecule has 0 aromatic heterocycles. The summed E-state index contributed by atoms with van der Waals surface area (Å²) in [4.78, 5) is 22.6. The molecule has 84 valence electrons. The van der Waals surface area contributed by atoms with E-state index in [2.05, 4.69) is 16.2 Å². The molecule has 3 N–H and O–H groups in total. The summed E-state index contributed by atoms with van der Waals surface area (Å²) in [6.45, 7) is 1.95. The molecular formula is C11H13N3O2. The topological polar surface area (TPSA) is 70.2 Å². The maximum Gasteiger partial charge on any atom is 0.243 e. The Bertz CT molecular complexity index is 431. The quantitative estimate of drug-likeness (QED) is 0.671. The molecule has 0 bridgehead atoms. The van der Waals surface area contributed by atoms with Crippen molar-refractivity contribution in [3.8, 4) is 0 Å². The van der Waals surface area contributed by atoms with Crippen LogP contribution in [0.3, 0.4) is 0 Å². The molecule has 1 fully saturated rings. The van der Waals surface area contributed by atoms with Crippen LogP contribution in [0.4, 0.5) is 5.69 Å². The lowest BCUT2D eigenvalue weighted by Gasteiger charge is -2.09. The van der Waals surface area contributed by atoms with Gasteiger partial charge in [0.15, 0.2) is 0 Å². The second kappa shape index (κ2) is 4.32. The lowest BCUT2D eigenvalue weighted by atomic mass is 10.2. The van der Waals surface area contributed by atoms with Gasteiger partial charge < -0.3 is 5.32 Å². The summed E-state index contributed by atoms with van der Waals surface area (Å²) in [5.74, 6) is -0.367. The van der Waals surface area contributed by atoms with E-state index in [1.807, 2.05) is 31.2 Å². The van der Waals surface area contributed by atoms with Crippen molar-refractivity contribution in [2.24, 2.45) is 0 Å². The number of anilines is 1. The number of carbonyl (C=O) groups excluding carboxylic acids is 2. The van der Waals surface area contributed by atoms with Crippen LogP contribution in [0.5, 0.6) is 0 Å². The van der Waals surface area contributed by atoms with Crippen molar-refractivity contribution in [2.75, 3.05) is 5.32 Å². The van der Waals surface area contributed by atoms with Crippen molar-refractivity contribution in [1.82, 2.24) is 10.9 Å². The first-order valence-electron chi connectivity index (χ1n) is 5.07. The Balaban J connectivity index is 1.99. The molecule has 1 aliphatic heterocycles. The third kappa shape index (κ3) is 2.38. The van der Waals surface area contributed by atoms with Gasteiger partial charge in [-0.05, 0) is 24.6 Å². The van der Waals surface area contributed by atoms with Crippen LogP contribution in [0.25, 0.3) is 0 Å². The van der Waals surface area contributed by atoms with Crippen molar-refractivity contribution in [1.29, 1.82) is 0 Å². The van der Waals surface area contributed by atoms with E-state index in [0.29, 0.717) is 0 Å². The van der Waals surface area contributed by atoms with E-state index in [0.717, 1.165) is 11.3 Å². The summed E-state index contributed by atoms with van der Waals surface area (Å²) in [6, 6.07) is 7.02. The number of carbonyl (C=O) groups is 2. The Kier molecular flexibility index (Phi) is 2.87. The molecule has 5 heteroatoms. The van der Waals surface area contributed by atoms with Crippen LogP contribution in [-0.4, -0.2) is 17.9 Å². The average Bonchev–Trinajstić information content (AvgIpc) is 2.65. The lowest BCUT2D eigenvalue weighted by Crippen LogP contribution is -2.39. The van der Waals surface area contributed by atoms with Gasteiger partial charge in [0.2, 0.25) is 11.8 Å². The molecular weight excluding hydrogens is 206 g/mol. The number of aryl methyl sites for hydroxylation is 1. The van der Waals surface area contributed by atoms with E-state index in [1.54, 1.807) is 0 Å². The standard InChI is InChI=1S/C11H13N3O2/c1-7-3-2-4-8(5-7)12-11(16)9-6-10(15)14-13-9/h2-5,9,13H,6H2,1H3,(H,12,16)(H,14,15). The van der Waals surface area contributed by atoms with Crippen molar-refractivity contribution in [3.05, 3.63) is 29.8 Å². The minimum atomic E-state index is -0.493. The maximum absolute atomic E-state index is 11.7. The molecule has 1 aliphatic rings. The van der Waals surface area contributed by atoms with Crippen LogP contribution in [0, 0.1) is 6.92 Å². The minimum absolute atomic E-state index is 0.163. The fourth-order valence-electron chi connectivity index (χ4n) is 1.57. The van der Waals surface area contributed by atoms with Gasteiger partial charge in [-0.2, -0.15) is 0 Å². The summed E-state index contributed by atoms with van der Waals surface area (Å²) in [5, 5.41) is 2.75. The molecule has 0 saturated carbocycles. The molecule has 1 aromatic carbocycles. The van der Waals surface area contributed by atoms with Gasteiger partial charge in [0, 0.05) is 5.69 Å². The zero-order valence-electron chi connectivity index (χ0n) is 8.91. The van der Waals surface area contributed by atoms with E-state index >= 15 is 0 Å². The molecule has 5 nitrogen and oxygen atoms in total. The second-order valence-electron chi connectivity index (χ2n) is 3.81. The molecule has 1 aromatic rings. The Morgan fingerprint density at radius 1 is 1.50 bits per heavy atom. The van der Waals surface area contributed by atoms with E-state index in [9.17, 15) is 9.59 Å². The van der Waals surface area contributed by atoms with E-state index in [-0.39, 0.29) is 18.2 Å². The number of nitrogens with one attached hydrogen (secondary N) is 3. The molecule has 2 rings (SSSR count). The zero-order valence-corrected chi connectivity index (χ0v) is 8.91. The van der Waals surface area contributed by atoms with Crippen LogP contribution >= 0.6 is 0 Å². The maximum atomic E-state index is 11.7. The van der Waals surface area contributed by atoms with Gasteiger partial charge >= 0.3 is 0 Å². The van der Waals surface area contributed by atoms with Gasteiger partial charge in [-0.15, -0.1) is 0 Å². The van der Waals surface area contributed by atoms with Crippen LogP contribution in [0.2, 0.25) is 0 Å². The SMILES string of the molecule is Cc1cccc(NC(=O)C2CC(=O)NN2)c1. The predicted octanol–water partition coefficient (Wildman–Crippen LogP) is 0.327. The lowest BCUT2D eigenvalue weighted by molar-refractivity contribution is -0.121. The highest BCUT2D eigenvalue weighted by atomic mass is 16.2. The van der Waals surface area contributed by atoms with Gasteiger partial charge in [-0.3, -0.25) is 15.0 Å². The number of amides is 2. The van der Waals surface area contributed by atoms with Gasteiger partial charge in [0.1, 0.15) is 6.04 Å². The molecule has 0 spiro atoms. The van der Waals surface area contributed by atoms with E-state index < -0.39 is 6.04 Å². The highest BCUT2D eigenvalue weighted by Gasteiger charge is 2.27. The van der Waals surface area contributed by atoms with Crippen molar-refractivity contribution in [3.63, 3.8) is 0 Å². The minimum Gasteiger partial charge on any atom is -0.325 e. The molecule has 1 saturated heterocycles. The summed E-state index contributed by atoms with van der Waals surface area (Å²) in [5.41, 5.74) is 6.84. The third-order valence-electron chi connectivity index (χ3n) is 2.38. The van der Waals surface area contributed by atoms with Crippen LogP contribution in [0.15, 0.2) is 24.3 Å². The van der Waals surface area contributed by atoms with Gasteiger partial charge in [-0.25, -0.2) is 5.43 Å². The Labute approximate surface area is 93.2 Å². The number of rotatable bonds is 2.